The van der Waals surface area contributed by atoms with Gasteiger partial charge in [0.1, 0.15) is 16.7 Å². The molecule has 0 fully saturated rings. The zero-order valence-electron chi connectivity index (χ0n) is 19.3. The van der Waals surface area contributed by atoms with Crippen LogP contribution in [0.2, 0.25) is 0 Å². The van der Waals surface area contributed by atoms with Crippen molar-refractivity contribution in [1.82, 2.24) is 30.0 Å². The fourth-order valence-corrected chi connectivity index (χ4v) is 5.03. The molecule has 2 aromatic carbocycles. The quantitative estimate of drug-likeness (QED) is 0.443. The SMILES string of the molecule is Cc1ccc(C(=O)NCCc2nnc3n2CCN(Cc2nc(-c4ccccc4)cs2)CC3)cc1. The van der Waals surface area contributed by atoms with Crippen molar-refractivity contribution in [1.29, 1.82) is 0 Å². The summed E-state index contributed by atoms with van der Waals surface area (Å²) in [6.07, 6.45) is 1.52. The predicted molar refractivity (Wildman–Crippen MR) is 134 cm³/mol. The molecule has 1 aliphatic rings. The van der Waals surface area contributed by atoms with Crippen molar-refractivity contribution in [3.8, 4) is 11.3 Å². The highest BCUT2D eigenvalue weighted by atomic mass is 32.1. The Labute approximate surface area is 203 Å². The molecular formula is C26H28N6OS. The minimum atomic E-state index is -0.0555. The van der Waals surface area contributed by atoms with Gasteiger partial charge in [-0.25, -0.2) is 4.98 Å². The second kappa shape index (κ2) is 10.3. The molecule has 0 saturated carbocycles. The number of nitrogens with zero attached hydrogens (tertiary/aromatic N) is 5. The number of aromatic nitrogens is 4. The van der Waals surface area contributed by atoms with E-state index in [0.717, 1.165) is 66.1 Å². The Kier molecular flexibility index (Phi) is 6.78. The van der Waals surface area contributed by atoms with Crippen LogP contribution in [0, 0.1) is 6.92 Å². The summed E-state index contributed by atoms with van der Waals surface area (Å²) >= 11 is 1.72. The molecule has 7 nitrogen and oxygen atoms in total. The van der Waals surface area contributed by atoms with Gasteiger partial charge >= 0.3 is 0 Å². The van der Waals surface area contributed by atoms with E-state index >= 15 is 0 Å². The first-order valence-electron chi connectivity index (χ1n) is 11.6. The zero-order chi connectivity index (χ0) is 23.3. The van der Waals surface area contributed by atoms with E-state index < -0.39 is 0 Å². The highest BCUT2D eigenvalue weighted by Crippen LogP contribution is 2.23. The van der Waals surface area contributed by atoms with Gasteiger partial charge in [-0.2, -0.15) is 0 Å². The second-order valence-electron chi connectivity index (χ2n) is 8.57. The summed E-state index contributed by atoms with van der Waals surface area (Å²) in [5.41, 5.74) is 4.02. The van der Waals surface area contributed by atoms with Gasteiger partial charge in [0.25, 0.3) is 5.91 Å². The summed E-state index contributed by atoms with van der Waals surface area (Å²) in [5.74, 6) is 1.90. The lowest BCUT2D eigenvalue weighted by molar-refractivity contribution is 0.0954. The largest absolute Gasteiger partial charge is 0.352 e. The van der Waals surface area contributed by atoms with E-state index in [1.807, 2.05) is 49.4 Å². The van der Waals surface area contributed by atoms with E-state index in [4.69, 9.17) is 4.98 Å². The maximum atomic E-state index is 12.4. The first-order valence-corrected chi connectivity index (χ1v) is 12.5. The predicted octanol–water partition coefficient (Wildman–Crippen LogP) is 3.74. The normalized spacial score (nSPS) is 13.9. The zero-order valence-corrected chi connectivity index (χ0v) is 20.1. The third-order valence-electron chi connectivity index (χ3n) is 6.12. The molecule has 3 heterocycles. The van der Waals surface area contributed by atoms with Crippen LogP contribution in [-0.2, 0) is 25.9 Å². The van der Waals surface area contributed by atoms with E-state index in [9.17, 15) is 4.79 Å². The number of fused-ring (bicyclic) bond motifs is 1. The number of hydrogen-bond acceptors (Lipinski definition) is 6. The summed E-state index contributed by atoms with van der Waals surface area (Å²) < 4.78 is 2.22. The van der Waals surface area contributed by atoms with Crippen molar-refractivity contribution in [3.05, 3.63) is 87.8 Å². The standard InChI is InChI=1S/C26H28N6OS/c1-19-7-9-21(10-8-19)26(33)27-13-11-23-29-30-24-12-14-31(15-16-32(23)24)17-25-28-22(18-34-25)20-5-3-2-4-6-20/h2-10,18H,11-17H2,1H3,(H,27,33). The summed E-state index contributed by atoms with van der Waals surface area (Å²) in [6, 6.07) is 17.9. The molecule has 5 rings (SSSR count). The van der Waals surface area contributed by atoms with Gasteiger partial charge in [0.05, 0.1) is 12.2 Å². The minimum absolute atomic E-state index is 0.0555. The Morgan fingerprint density at radius 2 is 1.85 bits per heavy atom. The first-order chi connectivity index (χ1) is 16.7. The summed E-state index contributed by atoms with van der Waals surface area (Å²) in [7, 11) is 0. The topological polar surface area (TPSA) is 75.9 Å². The van der Waals surface area contributed by atoms with Gasteiger partial charge in [0.2, 0.25) is 0 Å². The molecule has 1 amide bonds. The van der Waals surface area contributed by atoms with Crippen molar-refractivity contribution in [3.63, 3.8) is 0 Å². The van der Waals surface area contributed by atoms with Crippen LogP contribution in [-0.4, -0.2) is 50.2 Å². The van der Waals surface area contributed by atoms with Crippen LogP contribution < -0.4 is 5.32 Å². The van der Waals surface area contributed by atoms with Gasteiger partial charge in [0.15, 0.2) is 0 Å². The number of carbonyl (C=O) groups excluding carboxylic acids is 1. The average Bonchev–Trinajstić information content (AvgIpc) is 3.43. The summed E-state index contributed by atoms with van der Waals surface area (Å²) in [6.45, 7) is 6.10. The number of nitrogens with one attached hydrogen (secondary N) is 1. The molecule has 2 aromatic heterocycles. The van der Waals surface area contributed by atoms with Gasteiger partial charge in [-0.1, -0.05) is 48.0 Å². The van der Waals surface area contributed by atoms with Gasteiger partial charge in [-0.3, -0.25) is 9.69 Å². The van der Waals surface area contributed by atoms with Crippen LogP contribution in [0.4, 0.5) is 0 Å². The minimum Gasteiger partial charge on any atom is -0.352 e. The van der Waals surface area contributed by atoms with E-state index in [0.29, 0.717) is 18.5 Å². The molecule has 0 radical (unpaired) electrons. The Bertz CT molecular complexity index is 1250. The number of amides is 1. The maximum absolute atomic E-state index is 12.4. The number of thiazole rings is 1. The van der Waals surface area contributed by atoms with Crippen LogP contribution in [0.25, 0.3) is 11.3 Å². The number of aryl methyl sites for hydroxylation is 1. The van der Waals surface area contributed by atoms with E-state index in [1.165, 1.54) is 0 Å². The Hall–Kier alpha value is -3.36. The van der Waals surface area contributed by atoms with Crippen LogP contribution in [0.15, 0.2) is 60.0 Å². The lowest BCUT2D eigenvalue weighted by Crippen LogP contribution is -2.28. The lowest BCUT2D eigenvalue weighted by Gasteiger charge is -2.18. The number of benzene rings is 2. The molecule has 1 aliphatic heterocycles. The smallest absolute Gasteiger partial charge is 0.251 e. The highest BCUT2D eigenvalue weighted by Gasteiger charge is 2.20. The van der Waals surface area contributed by atoms with Crippen molar-refractivity contribution in [2.45, 2.75) is 32.9 Å². The molecule has 0 unspecified atom stereocenters. The molecular weight excluding hydrogens is 444 g/mol. The number of rotatable bonds is 7. The average molecular weight is 473 g/mol. The van der Waals surface area contributed by atoms with E-state index in [2.05, 4.69) is 42.5 Å². The molecule has 4 aromatic rings. The summed E-state index contributed by atoms with van der Waals surface area (Å²) in [5, 5.41) is 15.1. The lowest BCUT2D eigenvalue weighted by atomic mass is 10.1. The van der Waals surface area contributed by atoms with Crippen molar-refractivity contribution < 1.29 is 4.79 Å². The monoisotopic (exact) mass is 472 g/mol. The Balaban J connectivity index is 1.15. The van der Waals surface area contributed by atoms with Crippen LogP contribution in [0.1, 0.15) is 32.6 Å². The fourth-order valence-electron chi connectivity index (χ4n) is 4.18. The van der Waals surface area contributed by atoms with Crippen LogP contribution >= 0.6 is 11.3 Å². The van der Waals surface area contributed by atoms with Gasteiger partial charge < -0.3 is 9.88 Å². The van der Waals surface area contributed by atoms with Crippen LogP contribution in [0.5, 0.6) is 0 Å². The van der Waals surface area contributed by atoms with E-state index in [-0.39, 0.29) is 5.91 Å². The molecule has 0 spiro atoms. The molecule has 0 aliphatic carbocycles. The second-order valence-corrected chi connectivity index (χ2v) is 9.52. The van der Waals surface area contributed by atoms with E-state index in [1.54, 1.807) is 11.3 Å². The summed E-state index contributed by atoms with van der Waals surface area (Å²) in [4.78, 5) is 19.7. The van der Waals surface area contributed by atoms with Gasteiger partial charge in [-0.05, 0) is 19.1 Å². The number of carbonyl (C=O) groups is 1. The molecule has 0 bridgehead atoms. The van der Waals surface area contributed by atoms with Gasteiger partial charge in [-0.15, -0.1) is 21.5 Å². The molecule has 8 heteroatoms. The van der Waals surface area contributed by atoms with Crippen molar-refractivity contribution >= 4 is 17.2 Å². The molecule has 0 atom stereocenters. The molecule has 174 valence electrons. The Morgan fingerprint density at radius 1 is 1.03 bits per heavy atom. The molecule has 1 N–H and O–H groups in total. The molecule has 34 heavy (non-hydrogen) atoms. The first kappa shape index (κ1) is 22.4. The maximum Gasteiger partial charge on any atom is 0.251 e. The van der Waals surface area contributed by atoms with Crippen LogP contribution in [0.3, 0.4) is 0 Å². The van der Waals surface area contributed by atoms with Crippen molar-refractivity contribution in [2.24, 2.45) is 0 Å². The van der Waals surface area contributed by atoms with Crippen molar-refractivity contribution in [2.75, 3.05) is 19.6 Å². The fraction of sp³-hybridized carbons (Fsp3) is 0.308. The van der Waals surface area contributed by atoms with Gasteiger partial charge in [0, 0.05) is 55.5 Å². The number of hydrogen-bond donors (Lipinski definition) is 1. The third kappa shape index (κ3) is 5.24. The highest BCUT2D eigenvalue weighted by molar-refractivity contribution is 7.09. The Morgan fingerprint density at radius 3 is 2.68 bits per heavy atom. The third-order valence-corrected chi connectivity index (χ3v) is 6.96. The molecule has 0 saturated heterocycles.